The fourth-order valence-corrected chi connectivity index (χ4v) is 3.14. The number of fused-ring (bicyclic) bond motifs is 1. The van der Waals surface area contributed by atoms with Gasteiger partial charge in [-0.25, -0.2) is 4.68 Å². The number of nitrogens with one attached hydrogen (secondary N) is 1. The lowest BCUT2D eigenvalue weighted by Crippen LogP contribution is -2.30. The number of ether oxygens (including phenoxy) is 1. The van der Waals surface area contributed by atoms with Crippen LogP contribution in [0.4, 0.5) is 0 Å². The van der Waals surface area contributed by atoms with Crippen molar-refractivity contribution in [1.82, 2.24) is 20.0 Å². The standard InChI is InChI=1S/C20H18N4O3/c1-27-17-4-2-3-14(7-17)19(12-25)24-20(26)18-8-13(16-9-21-22-10-16)5-6-15(18)11-23-24/h2-11,19,25H,12H2,1H3,(H,21,22). The lowest BCUT2D eigenvalue weighted by molar-refractivity contribution is 0.237. The lowest BCUT2D eigenvalue weighted by atomic mass is 10.0. The summed E-state index contributed by atoms with van der Waals surface area (Å²) >= 11 is 0. The maximum atomic E-state index is 13.1. The first-order valence-electron chi connectivity index (χ1n) is 8.47. The second kappa shape index (κ2) is 7.05. The van der Waals surface area contributed by atoms with Gasteiger partial charge in [0.05, 0.1) is 31.5 Å². The van der Waals surface area contributed by atoms with E-state index in [2.05, 4.69) is 15.3 Å². The molecule has 2 aromatic carbocycles. The van der Waals surface area contributed by atoms with E-state index in [-0.39, 0.29) is 12.2 Å². The van der Waals surface area contributed by atoms with Crippen molar-refractivity contribution in [2.75, 3.05) is 13.7 Å². The van der Waals surface area contributed by atoms with Gasteiger partial charge in [-0.3, -0.25) is 9.89 Å². The number of aliphatic hydroxyl groups excluding tert-OH is 1. The van der Waals surface area contributed by atoms with Crippen LogP contribution in [0, 0.1) is 0 Å². The quantitative estimate of drug-likeness (QED) is 0.569. The third kappa shape index (κ3) is 3.09. The number of rotatable bonds is 5. The Bertz CT molecular complexity index is 1140. The van der Waals surface area contributed by atoms with Gasteiger partial charge in [0.25, 0.3) is 5.56 Å². The van der Waals surface area contributed by atoms with Crippen LogP contribution in [0.15, 0.2) is 65.8 Å². The fourth-order valence-electron chi connectivity index (χ4n) is 3.14. The van der Waals surface area contributed by atoms with Gasteiger partial charge in [0.2, 0.25) is 0 Å². The van der Waals surface area contributed by atoms with Crippen LogP contribution >= 0.6 is 0 Å². The molecule has 1 unspecified atom stereocenters. The summed E-state index contributed by atoms with van der Waals surface area (Å²) in [4.78, 5) is 13.1. The van der Waals surface area contributed by atoms with Crippen molar-refractivity contribution in [2.24, 2.45) is 0 Å². The Hall–Kier alpha value is -3.45. The maximum Gasteiger partial charge on any atom is 0.275 e. The Balaban J connectivity index is 1.85. The van der Waals surface area contributed by atoms with E-state index in [1.54, 1.807) is 31.8 Å². The number of hydrogen-bond donors (Lipinski definition) is 2. The Kier molecular flexibility index (Phi) is 4.43. The molecule has 7 heteroatoms. The van der Waals surface area contributed by atoms with Gasteiger partial charge in [-0.2, -0.15) is 10.2 Å². The molecule has 4 rings (SSSR count). The van der Waals surface area contributed by atoms with Gasteiger partial charge in [0, 0.05) is 17.1 Å². The summed E-state index contributed by atoms with van der Waals surface area (Å²) in [6.07, 6.45) is 5.11. The predicted octanol–water partition coefficient (Wildman–Crippen LogP) is 2.38. The molecule has 0 aliphatic carbocycles. The number of benzene rings is 2. The first-order valence-corrected chi connectivity index (χ1v) is 8.47. The highest BCUT2D eigenvalue weighted by Crippen LogP contribution is 2.24. The van der Waals surface area contributed by atoms with Gasteiger partial charge in [0.15, 0.2) is 0 Å². The molecule has 0 aliphatic heterocycles. The molecule has 1 atom stereocenters. The number of H-pyrrole nitrogens is 1. The molecule has 0 radical (unpaired) electrons. The predicted molar refractivity (Wildman–Crippen MR) is 102 cm³/mol. The summed E-state index contributed by atoms with van der Waals surface area (Å²) in [7, 11) is 1.57. The third-order valence-electron chi connectivity index (χ3n) is 4.59. The molecule has 0 spiro atoms. The molecule has 4 aromatic rings. The minimum Gasteiger partial charge on any atom is -0.497 e. The largest absolute Gasteiger partial charge is 0.497 e. The van der Waals surface area contributed by atoms with Crippen LogP contribution in [0.3, 0.4) is 0 Å². The Labute approximate surface area is 154 Å². The van der Waals surface area contributed by atoms with Crippen LogP contribution in [0.1, 0.15) is 11.6 Å². The summed E-state index contributed by atoms with van der Waals surface area (Å²) in [6.45, 7) is -0.257. The highest BCUT2D eigenvalue weighted by Gasteiger charge is 2.18. The lowest BCUT2D eigenvalue weighted by Gasteiger charge is -2.18. The fraction of sp³-hybridized carbons (Fsp3) is 0.150. The molecule has 0 aliphatic rings. The molecule has 0 fully saturated rings. The molecule has 136 valence electrons. The summed E-state index contributed by atoms with van der Waals surface area (Å²) in [6, 6.07) is 12.3. The van der Waals surface area contributed by atoms with Crippen molar-refractivity contribution in [3.63, 3.8) is 0 Å². The van der Waals surface area contributed by atoms with Crippen molar-refractivity contribution in [2.45, 2.75) is 6.04 Å². The molecule has 0 saturated heterocycles. The number of nitrogens with zero attached hydrogens (tertiary/aromatic N) is 3. The van der Waals surface area contributed by atoms with E-state index in [4.69, 9.17) is 4.74 Å². The molecule has 2 N–H and O–H groups in total. The van der Waals surface area contributed by atoms with Crippen LogP contribution < -0.4 is 10.3 Å². The van der Waals surface area contributed by atoms with Gasteiger partial charge in [0.1, 0.15) is 11.8 Å². The number of methoxy groups -OCH3 is 1. The zero-order valence-corrected chi connectivity index (χ0v) is 14.7. The van der Waals surface area contributed by atoms with E-state index in [1.807, 2.05) is 36.4 Å². The zero-order chi connectivity index (χ0) is 18.8. The van der Waals surface area contributed by atoms with E-state index in [0.717, 1.165) is 22.1 Å². The van der Waals surface area contributed by atoms with Crippen LogP contribution in [-0.4, -0.2) is 38.8 Å². The van der Waals surface area contributed by atoms with Gasteiger partial charge >= 0.3 is 0 Å². The third-order valence-corrected chi connectivity index (χ3v) is 4.59. The monoisotopic (exact) mass is 362 g/mol. The topological polar surface area (TPSA) is 93.0 Å². The second-order valence-electron chi connectivity index (χ2n) is 6.16. The molecule has 0 saturated carbocycles. The first kappa shape index (κ1) is 17.0. The van der Waals surface area contributed by atoms with Crippen molar-refractivity contribution in [1.29, 1.82) is 0 Å². The first-order chi connectivity index (χ1) is 13.2. The number of hydrogen-bond acceptors (Lipinski definition) is 5. The summed E-state index contributed by atoms with van der Waals surface area (Å²) in [5.41, 5.74) is 2.26. The normalized spacial score (nSPS) is 12.2. The molecule has 2 heterocycles. The molecule has 0 bridgehead atoms. The van der Waals surface area contributed by atoms with Crippen molar-refractivity contribution in [3.8, 4) is 16.9 Å². The highest BCUT2D eigenvalue weighted by atomic mass is 16.5. The highest BCUT2D eigenvalue weighted by molar-refractivity contribution is 5.85. The molecule has 7 nitrogen and oxygen atoms in total. The molecular formula is C20H18N4O3. The Morgan fingerprint density at radius 3 is 2.81 bits per heavy atom. The number of aromatic nitrogens is 4. The van der Waals surface area contributed by atoms with Gasteiger partial charge in [-0.1, -0.05) is 24.3 Å². The maximum absolute atomic E-state index is 13.1. The average molecular weight is 362 g/mol. The van der Waals surface area contributed by atoms with Crippen LogP contribution in [0.2, 0.25) is 0 Å². The Morgan fingerprint density at radius 1 is 1.19 bits per heavy atom. The summed E-state index contributed by atoms with van der Waals surface area (Å²) in [5.74, 6) is 0.655. The smallest absolute Gasteiger partial charge is 0.275 e. The van der Waals surface area contributed by atoms with Crippen LogP contribution in [0.5, 0.6) is 5.75 Å². The van der Waals surface area contributed by atoms with Crippen LogP contribution in [-0.2, 0) is 0 Å². The van der Waals surface area contributed by atoms with E-state index in [0.29, 0.717) is 11.1 Å². The second-order valence-corrected chi connectivity index (χ2v) is 6.16. The SMILES string of the molecule is COc1cccc(C(CO)n2ncc3ccc(-c4cn[nH]c4)cc3c2=O)c1. The number of aromatic amines is 1. The van der Waals surface area contributed by atoms with E-state index in [1.165, 1.54) is 4.68 Å². The van der Waals surface area contributed by atoms with Crippen LogP contribution in [0.25, 0.3) is 21.9 Å². The summed E-state index contributed by atoms with van der Waals surface area (Å²) < 4.78 is 6.56. The van der Waals surface area contributed by atoms with Crippen molar-refractivity contribution >= 4 is 10.8 Å². The van der Waals surface area contributed by atoms with E-state index >= 15 is 0 Å². The summed E-state index contributed by atoms with van der Waals surface area (Å²) in [5, 5.41) is 22.2. The van der Waals surface area contributed by atoms with Gasteiger partial charge in [-0.15, -0.1) is 0 Å². The average Bonchev–Trinajstić information content (AvgIpc) is 3.25. The molecule has 27 heavy (non-hydrogen) atoms. The Morgan fingerprint density at radius 2 is 2.07 bits per heavy atom. The van der Waals surface area contributed by atoms with Gasteiger partial charge < -0.3 is 9.84 Å². The molecule has 2 aromatic heterocycles. The van der Waals surface area contributed by atoms with E-state index < -0.39 is 6.04 Å². The minimum absolute atomic E-state index is 0.257. The van der Waals surface area contributed by atoms with Crippen molar-refractivity contribution in [3.05, 3.63) is 77.0 Å². The van der Waals surface area contributed by atoms with E-state index in [9.17, 15) is 9.90 Å². The zero-order valence-electron chi connectivity index (χ0n) is 14.7. The van der Waals surface area contributed by atoms with Crippen molar-refractivity contribution < 1.29 is 9.84 Å². The van der Waals surface area contributed by atoms with Gasteiger partial charge in [-0.05, 0) is 29.3 Å². The molecular weight excluding hydrogens is 344 g/mol. The number of aliphatic hydroxyl groups is 1. The molecule has 0 amide bonds. The minimum atomic E-state index is -0.602.